The fourth-order valence-electron chi connectivity index (χ4n) is 1.82. The second kappa shape index (κ2) is 7.71. The molecule has 0 aliphatic heterocycles. The maximum atomic E-state index is 11.8. The summed E-state index contributed by atoms with van der Waals surface area (Å²) in [6, 6.07) is -0.488. The van der Waals surface area contributed by atoms with Crippen molar-refractivity contribution in [2.75, 3.05) is 19.7 Å². The summed E-state index contributed by atoms with van der Waals surface area (Å²) in [6.45, 7) is 2.28. The second-order valence-electron chi connectivity index (χ2n) is 4.10. The van der Waals surface area contributed by atoms with Crippen LogP contribution in [0.4, 0.5) is 9.59 Å². The molecular formula is C12H21N3O3. The molecule has 0 bridgehead atoms. The molecule has 1 saturated carbocycles. The molecule has 0 unspecified atom stereocenters. The van der Waals surface area contributed by atoms with Gasteiger partial charge < -0.3 is 15.8 Å². The van der Waals surface area contributed by atoms with Gasteiger partial charge in [-0.15, -0.1) is 0 Å². The molecule has 0 aromatic carbocycles. The molecule has 0 spiro atoms. The second-order valence-corrected chi connectivity index (χ2v) is 4.10. The van der Waals surface area contributed by atoms with Crippen LogP contribution in [-0.2, 0) is 4.74 Å². The minimum atomic E-state index is -0.662. The van der Waals surface area contributed by atoms with Gasteiger partial charge in [0.2, 0.25) is 0 Å². The molecule has 0 heterocycles. The van der Waals surface area contributed by atoms with Crippen molar-refractivity contribution in [2.24, 2.45) is 5.73 Å². The Balaban J connectivity index is 2.53. The summed E-state index contributed by atoms with van der Waals surface area (Å²) in [5, 5.41) is 2.62. The summed E-state index contributed by atoms with van der Waals surface area (Å²) in [6.07, 6.45) is 5.37. The number of hydrogen-bond donors (Lipinski definition) is 2. The van der Waals surface area contributed by atoms with Gasteiger partial charge in [-0.25, -0.2) is 14.5 Å². The van der Waals surface area contributed by atoms with Crippen LogP contribution in [0.1, 0.15) is 32.6 Å². The lowest BCUT2D eigenvalue weighted by atomic mass is 10.2. The number of carbonyl (C=O) groups is 2. The van der Waals surface area contributed by atoms with E-state index in [4.69, 9.17) is 10.5 Å². The molecule has 0 atom stereocenters. The van der Waals surface area contributed by atoms with Gasteiger partial charge in [-0.05, 0) is 32.6 Å². The van der Waals surface area contributed by atoms with E-state index in [-0.39, 0.29) is 19.7 Å². The lowest BCUT2D eigenvalue weighted by Crippen LogP contribution is -2.45. The van der Waals surface area contributed by atoms with Gasteiger partial charge >= 0.3 is 12.1 Å². The van der Waals surface area contributed by atoms with Crippen molar-refractivity contribution in [3.8, 4) is 0 Å². The third-order valence-electron chi connectivity index (χ3n) is 2.73. The molecule has 3 N–H and O–H groups in total. The third-order valence-corrected chi connectivity index (χ3v) is 2.73. The zero-order valence-electron chi connectivity index (χ0n) is 10.8. The first-order valence-electron chi connectivity index (χ1n) is 6.31. The molecular weight excluding hydrogens is 234 g/mol. The first kappa shape index (κ1) is 14.5. The molecule has 0 saturated heterocycles. The summed E-state index contributed by atoms with van der Waals surface area (Å²) >= 11 is 0. The van der Waals surface area contributed by atoms with E-state index in [9.17, 15) is 9.59 Å². The molecule has 3 amide bonds. The van der Waals surface area contributed by atoms with Crippen molar-refractivity contribution >= 4 is 12.1 Å². The number of amides is 3. The molecule has 0 aromatic heterocycles. The van der Waals surface area contributed by atoms with Gasteiger partial charge in [0.05, 0.1) is 6.61 Å². The zero-order valence-corrected chi connectivity index (χ0v) is 10.8. The molecule has 1 aliphatic rings. The Morgan fingerprint density at radius 3 is 2.67 bits per heavy atom. The van der Waals surface area contributed by atoms with Gasteiger partial charge in [0.15, 0.2) is 0 Å². The lowest BCUT2D eigenvalue weighted by molar-refractivity contribution is 0.116. The Bertz CT molecular complexity index is 321. The van der Waals surface area contributed by atoms with Crippen LogP contribution in [0, 0.1) is 0 Å². The van der Waals surface area contributed by atoms with Crippen LogP contribution in [0.5, 0.6) is 0 Å². The maximum Gasteiger partial charge on any atom is 0.418 e. The number of allylic oxidation sites excluding steroid dienone is 1. The molecule has 1 fully saturated rings. The first-order chi connectivity index (χ1) is 8.69. The Morgan fingerprint density at radius 2 is 2.11 bits per heavy atom. The molecule has 0 aromatic rings. The number of nitrogens with zero attached hydrogens (tertiary/aromatic N) is 1. The van der Waals surface area contributed by atoms with E-state index in [2.05, 4.69) is 5.32 Å². The predicted molar refractivity (Wildman–Crippen MR) is 67.9 cm³/mol. The fourth-order valence-corrected chi connectivity index (χ4v) is 1.82. The molecule has 6 nitrogen and oxygen atoms in total. The minimum absolute atomic E-state index is 0.147. The standard InChI is InChI=1S/C12H21N3O3/c1-2-18-12(17)15(8-7-13)11(16)14-9-10-5-3-4-6-10/h9H,2-8,13H2,1H3,(H,14,16). The van der Waals surface area contributed by atoms with E-state index in [1.165, 1.54) is 5.57 Å². The Morgan fingerprint density at radius 1 is 1.44 bits per heavy atom. The van der Waals surface area contributed by atoms with E-state index < -0.39 is 12.1 Å². The largest absolute Gasteiger partial charge is 0.449 e. The van der Waals surface area contributed by atoms with Crippen molar-refractivity contribution < 1.29 is 14.3 Å². The van der Waals surface area contributed by atoms with Crippen molar-refractivity contribution in [1.82, 2.24) is 10.2 Å². The maximum absolute atomic E-state index is 11.8. The van der Waals surface area contributed by atoms with Crippen molar-refractivity contribution in [1.29, 1.82) is 0 Å². The SMILES string of the molecule is CCOC(=O)N(CCN)C(=O)NC=C1CCCC1. The molecule has 1 aliphatic carbocycles. The number of carbonyl (C=O) groups excluding carboxylic acids is 2. The van der Waals surface area contributed by atoms with Crippen LogP contribution in [0.2, 0.25) is 0 Å². The number of imide groups is 1. The van der Waals surface area contributed by atoms with Crippen molar-refractivity contribution in [2.45, 2.75) is 32.6 Å². The van der Waals surface area contributed by atoms with Gasteiger partial charge in [0.1, 0.15) is 0 Å². The van der Waals surface area contributed by atoms with Gasteiger partial charge in [-0.3, -0.25) is 0 Å². The predicted octanol–water partition coefficient (Wildman–Crippen LogP) is 1.57. The molecule has 0 radical (unpaired) electrons. The average molecular weight is 255 g/mol. The van der Waals surface area contributed by atoms with Crippen LogP contribution in [-0.4, -0.2) is 36.7 Å². The van der Waals surface area contributed by atoms with E-state index in [0.717, 1.165) is 30.6 Å². The highest BCUT2D eigenvalue weighted by Gasteiger charge is 2.21. The summed E-state index contributed by atoms with van der Waals surface area (Å²) in [5.41, 5.74) is 6.58. The summed E-state index contributed by atoms with van der Waals surface area (Å²) < 4.78 is 4.80. The molecule has 1 rings (SSSR count). The topological polar surface area (TPSA) is 84.7 Å². The number of ether oxygens (including phenoxy) is 1. The Kier molecular flexibility index (Phi) is 6.21. The van der Waals surface area contributed by atoms with Gasteiger partial charge in [-0.1, -0.05) is 5.57 Å². The Hall–Kier alpha value is -1.56. The molecule has 102 valence electrons. The van der Waals surface area contributed by atoms with E-state index in [0.29, 0.717) is 0 Å². The van der Waals surface area contributed by atoms with Crippen LogP contribution in [0.3, 0.4) is 0 Å². The summed E-state index contributed by atoms with van der Waals surface area (Å²) in [7, 11) is 0. The van der Waals surface area contributed by atoms with Crippen LogP contribution >= 0.6 is 0 Å². The Labute approximate surface area is 107 Å². The van der Waals surface area contributed by atoms with E-state index >= 15 is 0 Å². The van der Waals surface area contributed by atoms with Crippen LogP contribution < -0.4 is 11.1 Å². The zero-order chi connectivity index (χ0) is 13.4. The molecule has 6 heteroatoms. The highest BCUT2D eigenvalue weighted by molar-refractivity contribution is 5.91. The highest BCUT2D eigenvalue weighted by Crippen LogP contribution is 2.22. The average Bonchev–Trinajstić information content (AvgIpc) is 2.86. The fraction of sp³-hybridized carbons (Fsp3) is 0.667. The van der Waals surface area contributed by atoms with Gasteiger partial charge in [-0.2, -0.15) is 0 Å². The van der Waals surface area contributed by atoms with Crippen LogP contribution in [0.15, 0.2) is 11.8 Å². The summed E-state index contributed by atoms with van der Waals surface area (Å²) in [4.78, 5) is 24.3. The number of nitrogens with one attached hydrogen (secondary N) is 1. The first-order valence-corrected chi connectivity index (χ1v) is 6.31. The number of urea groups is 1. The van der Waals surface area contributed by atoms with Gasteiger partial charge in [0, 0.05) is 19.3 Å². The number of rotatable bonds is 4. The monoisotopic (exact) mass is 255 g/mol. The van der Waals surface area contributed by atoms with E-state index in [1.54, 1.807) is 13.1 Å². The number of hydrogen-bond acceptors (Lipinski definition) is 4. The third kappa shape index (κ3) is 4.37. The van der Waals surface area contributed by atoms with Gasteiger partial charge in [0.25, 0.3) is 0 Å². The highest BCUT2D eigenvalue weighted by atomic mass is 16.6. The normalized spacial score (nSPS) is 14.2. The van der Waals surface area contributed by atoms with Crippen molar-refractivity contribution in [3.05, 3.63) is 11.8 Å². The van der Waals surface area contributed by atoms with E-state index in [1.807, 2.05) is 0 Å². The lowest BCUT2D eigenvalue weighted by Gasteiger charge is -2.18. The van der Waals surface area contributed by atoms with Crippen molar-refractivity contribution in [3.63, 3.8) is 0 Å². The smallest absolute Gasteiger partial charge is 0.418 e. The minimum Gasteiger partial charge on any atom is -0.449 e. The van der Waals surface area contributed by atoms with Crippen LogP contribution in [0.25, 0.3) is 0 Å². The quantitative estimate of drug-likeness (QED) is 0.798. The molecule has 18 heavy (non-hydrogen) atoms. The summed E-state index contributed by atoms with van der Waals surface area (Å²) in [5.74, 6) is 0. The number of nitrogens with two attached hydrogens (primary N) is 1.